The molecule has 1 fully saturated rings. The van der Waals surface area contributed by atoms with Crippen LogP contribution < -0.4 is 5.73 Å². The minimum absolute atomic E-state index is 0.0284. The smallest absolute Gasteiger partial charge is 0.335 e. The van der Waals surface area contributed by atoms with Gasteiger partial charge in [0.25, 0.3) is 0 Å². The predicted octanol–water partition coefficient (Wildman–Crippen LogP) is 1.13. The van der Waals surface area contributed by atoms with Crippen LogP contribution in [-0.4, -0.2) is 36.1 Å². The van der Waals surface area contributed by atoms with Crippen LogP contribution in [0.1, 0.15) is 19.8 Å². The maximum absolute atomic E-state index is 12.0. The summed E-state index contributed by atoms with van der Waals surface area (Å²) in [5.74, 6) is -0.608. The molecule has 1 atom stereocenters. The first-order valence-corrected chi connectivity index (χ1v) is 4.76. The van der Waals surface area contributed by atoms with Gasteiger partial charge in [0.2, 0.25) is 5.91 Å². The molecule has 0 spiro atoms. The molecule has 0 radical (unpaired) electrons. The predicted molar refractivity (Wildman–Crippen MR) is 49.0 cm³/mol. The lowest BCUT2D eigenvalue weighted by Gasteiger charge is -2.29. The third kappa shape index (κ3) is 3.09. The van der Waals surface area contributed by atoms with Gasteiger partial charge in [0.05, 0.1) is 5.54 Å². The molecule has 0 aromatic rings. The molecular formula is C9H15F3N2O. The Morgan fingerprint density at radius 3 is 2.27 bits per heavy atom. The van der Waals surface area contributed by atoms with Crippen molar-refractivity contribution in [3.8, 4) is 0 Å². The van der Waals surface area contributed by atoms with Crippen LogP contribution in [0.5, 0.6) is 0 Å². The Hall–Kier alpha value is -0.780. The van der Waals surface area contributed by atoms with E-state index in [0.29, 0.717) is 4.90 Å². The Labute approximate surface area is 86.4 Å². The molecule has 2 N–H and O–H groups in total. The average molecular weight is 224 g/mol. The highest BCUT2D eigenvalue weighted by Crippen LogP contribution is 2.39. The van der Waals surface area contributed by atoms with Gasteiger partial charge in [-0.25, -0.2) is 0 Å². The Kier molecular flexibility index (Phi) is 3.00. The zero-order valence-corrected chi connectivity index (χ0v) is 8.77. The van der Waals surface area contributed by atoms with E-state index in [1.54, 1.807) is 0 Å². The molecule has 1 aliphatic carbocycles. The SMILES string of the molecule is CN(CC(F)(F)F)C(=O)C(C)(N)C1CC1. The van der Waals surface area contributed by atoms with E-state index < -0.39 is 24.2 Å². The Morgan fingerprint density at radius 2 is 1.93 bits per heavy atom. The van der Waals surface area contributed by atoms with Gasteiger partial charge in [0, 0.05) is 7.05 Å². The molecule has 1 aliphatic rings. The third-order valence-electron chi connectivity index (χ3n) is 2.65. The van der Waals surface area contributed by atoms with Crippen molar-refractivity contribution in [3.63, 3.8) is 0 Å². The molecule has 0 aromatic carbocycles. The highest BCUT2D eigenvalue weighted by Gasteiger charge is 2.46. The summed E-state index contributed by atoms with van der Waals surface area (Å²) in [6.45, 7) is 0.255. The van der Waals surface area contributed by atoms with Gasteiger partial charge < -0.3 is 10.6 Å². The quantitative estimate of drug-likeness (QED) is 0.781. The largest absolute Gasteiger partial charge is 0.406 e. The van der Waals surface area contributed by atoms with Crippen molar-refractivity contribution in [2.24, 2.45) is 11.7 Å². The lowest BCUT2D eigenvalue weighted by molar-refractivity contribution is -0.161. The van der Waals surface area contributed by atoms with Crippen molar-refractivity contribution in [1.82, 2.24) is 4.90 Å². The van der Waals surface area contributed by atoms with Gasteiger partial charge in [-0.05, 0) is 25.7 Å². The molecular weight excluding hydrogens is 209 g/mol. The number of alkyl halides is 3. The van der Waals surface area contributed by atoms with E-state index in [1.165, 1.54) is 6.92 Å². The van der Waals surface area contributed by atoms with Gasteiger partial charge in [-0.1, -0.05) is 0 Å². The molecule has 3 nitrogen and oxygen atoms in total. The van der Waals surface area contributed by atoms with Crippen molar-refractivity contribution in [1.29, 1.82) is 0 Å². The Bertz CT molecular complexity index is 259. The highest BCUT2D eigenvalue weighted by molar-refractivity contribution is 5.86. The summed E-state index contributed by atoms with van der Waals surface area (Å²) in [5, 5.41) is 0. The second kappa shape index (κ2) is 3.66. The van der Waals surface area contributed by atoms with E-state index in [4.69, 9.17) is 5.73 Å². The number of nitrogens with zero attached hydrogens (tertiary/aromatic N) is 1. The number of halogens is 3. The third-order valence-corrected chi connectivity index (χ3v) is 2.65. The normalized spacial score (nSPS) is 20.9. The molecule has 1 amide bonds. The first kappa shape index (κ1) is 12.3. The van der Waals surface area contributed by atoms with Crippen molar-refractivity contribution >= 4 is 5.91 Å². The average Bonchev–Trinajstić information content (AvgIpc) is 2.81. The number of amides is 1. The van der Waals surface area contributed by atoms with Crippen LogP contribution in [-0.2, 0) is 4.79 Å². The van der Waals surface area contributed by atoms with Crippen LogP contribution in [0.25, 0.3) is 0 Å². The van der Waals surface area contributed by atoms with Crippen molar-refractivity contribution in [2.45, 2.75) is 31.5 Å². The topological polar surface area (TPSA) is 46.3 Å². The maximum atomic E-state index is 12.0. The molecule has 0 heterocycles. The van der Waals surface area contributed by atoms with E-state index >= 15 is 0 Å². The molecule has 1 unspecified atom stereocenters. The number of hydrogen-bond donors (Lipinski definition) is 1. The van der Waals surface area contributed by atoms with E-state index in [0.717, 1.165) is 19.9 Å². The van der Waals surface area contributed by atoms with Crippen LogP contribution in [0.3, 0.4) is 0 Å². The fourth-order valence-corrected chi connectivity index (χ4v) is 1.61. The first-order chi connectivity index (χ1) is 6.64. The fourth-order valence-electron chi connectivity index (χ4n) is 1.61. The molecule has 0 bridgehead atoms. The van der Waals surface area contributed by atoms with Crippen LogP contribution in [0.15, 0.2) is 0 Å². The first-order valence-electron chi connectivity index (χ1n) is 4.76. The standard InChI is InChI=1S/C9H15F3N2O/c1-8(13,6-3-4-6)7(15)14(2)5-9(10,11)12/h6H,3-5,13H2,1-2H3. The van der Waals surface area contributed by atoms with Gasteiger partial charge in [-0.15, -0.1) is 0 Å². The van der Waals surface area contributed by atoms with Crippen molar-refractivity contribution < 1.29 is 18.0 Å². The zero-order valence-electron chi connectivity index (χ0n) is 8.77. The van der Waals surface area contributed by atoms with Crippen LogP contribution >= 0.6 is 0 Å². The van der Waals surface area contributed by atoms with Crippen molar-refractivity contribution in [3.05, 3.63) is 0 Å². The summed E-state index contributed by atoms with van der Waals surface area (Å²) < 4.78 is 36.1. The van der Waals surface area contributed by atoms with Crippen LogP contribution in [0, 0.1) is 5.92 Å². The number of hydrogen-bond acceptors (Lipinski definition) is 2. The highest BCUT2D eigenvalue weighted by atomic mass is 19.4. The molecule has 0 saturated heterocycles. The molecule has 0 aromatic heterocycles. The van der Waals surface area contributed by atoms with Crippen molar-refractivity contribution in [2.75, 3.05) is 13.6 Å². The number of carbonyl (C=O) groups is 1. The number of rotatable bonds is 3. The minimum Gasteiger partial charge on any atom is -0.335 e. The Balaban J connectivity index is 2.59. The molecule has 1 rings (SSSR count). The fraction of sp³-hybridized carbons (Fsp3) is 0.889. The van der Waals surface area contributed by atoms with E-state index in [9.17, 15) is 18.0 Å². The minimum atomic E-state index is -4.37. The van der Waals surface area contributed by atoms with Gasteiger partial charge in [0.15, 0.2) is 0 Å². The summed E-state index contributed by atoms with van der Waals surface area (Å²) in [6, 6.07) is 0. The van der Waals surface area contributed by atoms with Gasteiger partial charge in [-0.3, -0.25) is 4.79 Å². The summed E-state index contributed by atoms with van der Waals surface area (Å²) in [5.41, 5.74) is 4.57. The Morgan fingerprint density at radius 1 is 1.47 bits per heavy atom. The number of likely N-dealkylation sites (N-methyl/N-ethyl adjacent to an activating group) is 1. The van der Waals surface area contributed by atoms with Crippen LogP contribution in [0.2, 0.25) is 0 Å². The summed E-state index contributed by atoms with van der Waals surface area (Å²) in [7, 11) is 1.13. The maximum Gasteiger partial charge on any atom is 0.406 e. The van der Waals surface area contributed by atoms with Gasteiger partial charge in [0.1, 0.15) is 6.54 Å². The molecule has 15 heavy (non-hydrogen) atoms. The van der Waals surface area contributed by atoms with Crippen LogP contribution in [0.4, 0.5) is 13.2 Å². The van der Waals surface area contributed by atoms with E-state index in [-0.39, 0.29) is 5.92 Å². The molecule has 0 aliphatic heterocycles. The second-order valence-corrected chi connectivity index (χ2v) is 4.33. The number of nitrogens with two attached hydrogens (primary N) is 1. The molecule has 1 saturated carbocycles. The molecule has 88 valence electrons. The molecule has 6 heteroatoms. The summed E-state index contributed by atoms with van der Waals surface area (Å²) in [6.07, 6.45) is -2.73. The monoisotopic (exact) mass is 224 g/mol. The van der Waals surface area contributed by atoms with Gasteiger partial charge >= 0.3 is 6.18 Å². The lowest BCUT2D eigenvalue weighted by Crippen LogP contribution is -2.55. The van der Waals surface area contributed by atoms with Gasteiger partial charge in [-0.2, -0.15) is 13.2 Å². The van der Waals surface area contributed by atoms with E-state index in [1.807, 2.05) is 0 Å². The summed E-state index contributed by atoms with van der Waals surface area (Å²) in [4.78, 5) is 12.3. The zero-order chi connectivity index (χ0) is 11.9. The van der Waals surface area contributed by atoms with E-state index in [2.05, 4.69) is 0 Å². The number of carbonyl (C=O) groups excluding carboxylic acids is 1. The lowest BCUT2D eigenvalue weighted by atomic mass is 9.95. The second-order valence-electron chi connectivity index (χ2n) is 4.33. The summed E-state index contributed by atoms with van der Waals surface area (Å²) >= 11 is 0.